The van der Waals surface area contributed by atoms with E-state index in [4.69, 9.17) is 9.05 Å². The number of carbonyl (C=O) groups excluding carboxylic acids is 1. The zero-order valence-electron chi connectivity index (χ0n) is 13.2. The molecule has 0 heterocycles. The lowest BCUT2D eigenvalue weighted by atomic mass is 10.1. The molecule has 1 aromatic rings. The Bertz CT molecular complexity index is 508. The number of rotatable bonds is 8. The Hall–Kier alpha value is -1.16. The van der Waals surface area contributed by atoms with Gasteiger partial charge in [-0.1, -0.05) is 24.3 Å². The number of aryl methyl sites for hydroxylation is 1. The Labute approximate surface area is 126 Å². The van der Waals surface area contributed by atoms with Crippen LogP contribution in [-0.2, 0) is 25.0 Å². The van der Waals surface area contributed by atoms with Crippen molar-refractivity contribution in [1.29, 1.82) is 0 Å². The lowest BCUT2D eigenvalue weighted by molar-refractivity contribution is -0.128. The molecule has 0 atom stereocenters. The van der Waals surface area contributed by atoms with Crippen molar-refractivity contribution in [2.75, 3.05) is 26.4 Å². The molecule has 0 fully saturated rings. The first kappa shape index (κ1) is 17.9. The second-order valence-electron chi connectivity index (χ2n) is 4.78. The molecule has 0 aliphatic carbocycles. The standard InChI is InChI=1S/C15H24NO4P/c1-5-19-21(18,20-6-2)12-15(17)16(4)11-14-10-8-7-9-13(14)3/h7-10H,5-6,11-12H2,1-4H3. The highest BCUT2D eigenvalue weighted by Gasteiger charge is 2.29. The molecule has 0 aliphatic rings. The monoisotopic (exact) mass is 313 g/mol. The maximum atomic E-state index is 12.4. The van der Waals surface area contributed by atoms with Crippen LogP contribution >= 0.6 is 7.60 Å². The third-order valence-electron chi connectivity index (χ3n) is 3.08. The summed E-state index contributed by atoms with van der Waals surface area (Å²) < 4.78 is 22.7. The van der Waals surface area contributed by atoms with Crippen molar-refractivity contribution in [3.63, 3.8) is 0 Å². The predicted molar refractivity (Wildman–Crippen MR) is 83.4 cm³/mol. The van der Waals surface area contributed by atoms with Gasteiger partial charge < -0.3 is 13.9 Å². The van der Waals surface area contributed by atoms with Crippen LogP contribution in [0.15, 0.2) is 24.3 Å². The van der Waals surface area contributed by atoms with Gasteiger partial charge >= 0.3 is 7.60 Å². The van der Waals surface area contributed by atoms with Crippen molar-refractivity contribution >= 4 is 13.5 Å². The summed E-state index contributed by atoms with van der Waals surface area (Å²) in [5.74, 6) is -0.247. The summed E-state index contributed by atoms with van der Waals surface area (Å²) in [6.07, 6.45) is -0.225. The minimum absolute atomic E-state index is 0.225. The third kappa shape index (κ3) is 5.62. The fourth-order valence-corrected chi connectivity index (χ4v) is 3.56. The molecular weight excluding hydrogens is 289 g/mol. The van der Waals surface area contributed by atoms with E-state index in [1.165, 1.54) is 0 Å². The average Bonchev–Trinajstić information content (AvgIpc) is 2.41. The van der Waals surface area contributed by atoms with Gasteiger partial charge in [0.15, 0.2) is 0 Å². The molecule has 0 aromatic heterocycles. The van der Waals surface area contributed by atoms with E-state index in [2.05, 4.69) is 0 Å². The van der Waals surface area contributed by atoms with E-state index in [1.807, 2.05) is 31.2 Å². The van der Waals surface area contributed by atoms with E-state index in [-0.39, 0.29) is 25.3 Å². The molecule has 0 aliphatic heterocycles. The van der Waals surface area contributed by atoms with Crippen molar-refractivity contribution in [1.82, 2.24) is 4.90 Å². The SMILES string of the molecule is CCOP(=O)(CC(=O)N(C)Cc1ccccc1C)OCC. The highest BCUT2D eigenvalue weighted by Crippen LogP contribution is 2.47. The van der Waals surface area contributed by atoms with Gasteiger partial charge in [0.1, 0.15) is 6.16 Å². The van der Waals surface area contributed by atoms with Crippen molar-refractivity contribution in [3.05, 3.63) is 35.4 Å². The van der Waals surface area contributed by atoms with Crippen LogP contribution in [0.5, 0.6) is 0 Å². The number of amides is 1. The van der Waals surface area contributed by atoms with Crippen LogP contribution in [-0.4, -0.2) is 37.2 Å². The quantitative estimate of drug-likeness (QED) is 0.692. The fourth-order valence-electron chi connectivity index (χ4n) is 1.94. The molecule has 0 spiro atoms. The van der Waals surface area contributed by atoms with Crippen molar-refractivity contribution in [2.24, 2.45) is 0 Å². The number of nitrogens with zero attached hydrogens (tertiary/aromatic N) is 1. The van der Waals surface area contributed by atoms with Crippen LogP contribution in [0.3, 0.4) is 0 Å². The molecule has 0 radical (unpaired) electrons. The Balaban J connectivity index is 2.70. The molecule has 21 heavy (non-hydrogen) atoms. The molecule has 1 rings (SSSR count). The van der Waals surface area contributed by atoms with E-state index in [0.29, 0.717) is 6.54 Å². The summed E-state index contributed by atoms with van der Waals surface area (Å²) in [5.41, 5.74) is 2.19. The van der Waals surface area contributed by atoms with Gasteiger partial charge in [0.2, 0.25) is 5.91 Å². The minimum atomic E-state index is -3.34. The van der Waals surface area contributed by atoms with Crippen LogP contribution in [0, 0.1) is 6.92 Å². The van der Waals surface area contributed by atoms with Gasteiger partial charge in [0, 0.05) is 13.6 Å². The van der Waals surface area contributed by atoms with Crippen molar-refractivity contribution in [2.45, 2.75) is 27.3 Å². The lowest BCUT2D eigenvalue weighted by Crippen LogP contribution is -2.29. The van der Waals surface area contributed by atoms with Crippen LogP contribution < -0.4 is 0 Å². The van der Waals surface area contributed by atoms with Gasteiger partial charge in [-0.2, -0.15) is 0 Å². The summed E-state index contributed by atoms with van der Waals surface area (Å²) in [6.45, 7) is 6.45. The molecule has 5 nitrogen and oxygen atoms in total. The van der Waals surface area contributed by atoms with Crippen molar-refractivity contribution in [3.8, 4) is 0 Å². The van der Waals surface area contributed by atoms with Gasteiger partial charge in [-0.3, -0.25) is 9.36 Å². The maximum absolute atomic E-state index is 12.4. The first-order chi connectivity index (χ1) is 9.91. The molecule has 118 valence electrons. The van der Waals surface area contributed by atoms with E-state index in [0.717, 1.165) is 11.1 Å². The van der Waals surface area contributed by atoms with E-state index >= 15 is 0 Å². The molecule has 0 bridgehead atoms. The van der Waals surface area contributed by atoms with E-state index < -0.39 is 7.60 Å². The summed E-state index contributed by atoms with van der Waals surface area (Å²) >= 11 is 0. The summed E-state index contributed by atoms with van der Waals surface area (Å²) in [6, 6.07) is 7.87. The molecule has 0 N–H and O–H groups in total. The van der Waals surface area contributed by atoms with Crippen LogP contribution in [0.25, 0.3) is 0 Å². The number of hydrogen-bond acceptors (Lipinski definition) is 4. The fraction of sp³-hybridized carbons (Fsp3) is 0.533. The average molecular weight is 313 g/mol. The Kier molecular flexibility index (Phi) is 7.09. The molecular formula is C15H24NO4P. The van der Waals surface area contributed by atoms with Gasteiger partial charge in [0.25, 0.3) is 0 Å². The number of hydrogen-bond donors (Lipinski definition) is 0. The van der Waals surface area contributed by atoms with E-state index in [1.54, 1.807) is 25.8 Å². The number of benzene rings is 1. The molecule has 1 amide bonds. The lowest BCUT2D eigenvalue weighted by Gasteiger charge is -2.22. The molecule has 1 aromatic carbocycles. The maximum Gasteiger partial charge on any atom is 0.340 e. The highest BCUT2D eigenvalue weighted by atomic mass is 31.2. The summed E-state index contributed by atoms with van der Waals surface area (Å²) in [7, 11) is -1.65. The van der Waals surface area contributed by atoms with Gasteiger partial charge in [-0.05, 0) is 31.9 Å². The topological polar surface area (TPSA) is 55.8 Å². The normalized spacial score (nSPS) is 11.4. The molecule has 0 saturated heterocycles. The van der Waals surface area contributed by atoms with Gasteiger partial charge in [-0.25, -0.2) is 0 Å². The first-order valence-corrected chi connectivity index (χ1v) is 8.81. The summed E-state index contributed by atoms with van der Waals surface area (Å²) in [4.78, 5) is 13.8. The molecule has 6 heteroatoms. The Morgan fingerprint density at radius 3 is 2.29 bits per heavy atom. The zero-order chi connectivity index (χ0) is 15.9. The van der Waals surface area contributed by atoms with Gasteiger partial charge in [-0.15, -0.1) is 0 Å². The predicted octanol–water partition coefficient (Wildman–Crippen LogP) is 3.22. The Morgan fingerprint density at radius 2 is 1.76 bits per heavy atom. The summed E-state index contributed by atoms with van der Waals surface area (Å²) in [5, 5.41) is 0. The minimum Gasteiger partial charge on any atom is -0.341 e. The second kappa shape index (κ2) is 8.32. The molecule has 0 saturated carbocycles. The second-order valence-corrected chi connectivity index (χ2v) is 6.84. The van der Waals surface area contributed by atoms with Crippen LogP contribution in [0.4, 0.5) is 0 Å². The Morgan fingerprint density at radius 1 is 1.19 bits per heavy atom. The van der Waals surface area contributed by atoms with Crippen LogP contribution in [0.2, 0.25) is 0 Å². The molecule has 0 unspecified atom stereocenters. The van der Waals surface area contributed by atoms with Crippen molar-refractivity contribution < 1.29 is 18.4 Å². The zero-order valence-corrected chi connectivity index (χ0v) is 14.1. The largest absolute Gasteiger partial charge is 0.341 e. The van der Waals surface area contributed by atoms with Gasteiger partial charge in [0.05, 0.1) is 13.2 Å². The number of carbonyl (C=O) groups is 1. The van der Waals surface area contributed by atoms with Crippen LogP contribution in [0.1, 0.15) is 25.0 Å². The third-order valence-corrected chi connectivity index (χ3v) is 5.04. The first-order valence-electron chi connectivity index (χ1n) is 7.08. The smallest absolute Gasteiger partial charge is 0.340 e. The van der Waals surface area contributed by atoms with E-state index in [9.17, 15) is 9.36 Å². The highest BCUT2D eigenvalue weighted by molar-refractivity contribution is 7.54.